The summed E-state index contributed by atoms with van der Waals surface area (Å²) in [5.41, 5.74) is 7.24. The SMILES string of the molecule is CC1(C)c2ccccc2Nc2ccc(Nc3ccccc3)cc21. The van der Waals surface area contributed by atoms with Gasteiger partial charge in [-0.05, 0) is 47.5 Å². The molecule has 0 radical (unpaired) electrons. The molecule has 1 heterocycles. The van der Waals surface area contributed by atoms with Crippen LogP contribution in [-0.4, -0.2) is 0 Å². The van der Waals surface area contributed by atoms with Crippen LogP contribution >= 0.6 is 0 Å². The molecule has 0 aromatic heterocycles. The molecule has 2 N–H and O–H groups in total. The lowest BCUT2D eigenvalue weighted by Gasteiger charge is -2.36. The summed E-state index contributed by atoms with van der Waals surface area (Å²) in [6, 6.07) is 25.4. The van der Waals surface area contributed by atoms with Gasteiger partial charge in [-0.3, -0.25) is 0 Å². The molecule has 0 spiro atoms. The van der Waals surface area contributed by atoms with E-state index in [1.54, 1.807) is 0 Å². The Bertz CT molecular complexity index is 851. The van der Waals surface area contributed by atoms with Crippen molar-refractivity contribution >= 4 is 22.7 Å². The molecule has 1 aliphatic rings. The molecule has 0 atom stereocenters. The fraction of sp³-hybridized carbons (Fsp3) is 0.143. The van der Waals surface area contributed by atoms with Gasteiger partial charge in [0.2, 0.25) is 0 Å². The zero-order valence-electron chi connectivity index (χ0n) is 13.4. The van der Waals surface area contributed by atoms with E-state index >= 15 is 0 Å². The van der Waals surface area contributed by atoms with Crippen LogP contribution < -0.4 is 10.6 Å². The molecule has 23 heavy (non-hydrogen) atoms. The van der Waals surface area contributed by atoms with Gasteiger partial charge in [0.15, 0.2) is 0 Å². The molecule has 1 aliphatic heterocycles. The maximum atomic E-state index is 3.56. The van der Waals surface area contributed by atoms with Crippen LogP contribution in [0, 0.1) is 0 Å². The second-order valence-corrected chi connectivity index (χ2v) is 6.55. The van der Waals surface area contributed by atoms with Gasteiger partial charge < -0.3 is 10.6 Å². The van der Waals surface area contributed by atoms with Crippen LogP contribution in [0.4, 0.5) is 22.7 Å². The minimum Gasteiger partial charge on any atom is -0.356 e. The molecule has 0 amide bonds. The standard InChI is InChI=1S/C21H20N2/c1-21(2)17-10-6-7-11-19(17)23-20-13-12-16(14-18(20)21)22-15-8-4-3-5-9-15/h3-14,22-23H,1-2H3. The van der Waals surface area contributed by atoms with E-state index in [2.05, 4.69) is 79.1 Å². The fourth-order valence-electron chi connectivity index (χ4n) is 3.36. The lowest BCUT2D eigenvalue weighted by molar-refractivity contribution is 0.638. The van der Waals surface area contributed by atoms with Crippen molar-refractivity contribution in [1.29, 1.82) is 0 Å². The van der Waals surface area contributed by atoms with Crippen LogP contribution in [0.2, 0.25) is 0 Å². The number of anilines is 4. The van der Waals surface area contributed by atoms with Crippen molar-refractivity contribution < 1.29 is 0 Å². The number of hydrogen-bond donors (Lipinski definition) is 2. The fourth-order valence-corrected chi connectivity index (χ4v) is 3.36. The van der Waals surface area contributed by atoms with Crippen molar-refractivity contribution in [2.45, 2.75) is 19.3 Å². The molecule has 0 aliphatic carbocycles. The molecule has 3 aromatic rings. The number of hydrogen-bond acceptors (Lipinski definition) is 2. The topological polar surface area (TPSA) is 24.1 Å². The lowest BCUT2D eigenvalue weighted by Crippen LogP contribution is -2.25. The monoisotopic (exact) mass is 300 g/mol. The molecule has 0 unspecified atom stereocenters. The van der Waals surface area contributed by atoms with Crippen LogP contribution in [0.15, 0.2) is 72.8 Å². The highest BCUT2D eigenvalue weighted by molar-refractivity contribution is 5.78. The van der Waals surface area contributed by atoms with E-state index in [0.29, 0.717) is 0 Å². The average Bonchev–Trinajstić information content (AvgIpc) is 2.57. The molecule has 0 bridgehead atoms. The zero-order valence-corrected chi connectivity index (χ0v) is 13.4. The first kappa shape index (κ1) is 13.9. The summed E-state index contributed by atoms with van der Waals surface area (Å²) < 4.78 is 0. The minimum absolute atomic E-state index is 0.0223. The van der Waals surface area contributed by atoms with Gasteiger partial charge in [-0.15, -0.1) is 0 Å². The molecule has 114 valence electrons. The number of nitrogens with one attached hydrogen (secondary N) is 2. The first-order valence-electron chi connectivity index (χ1n) is 7.98. The van der Waals surface area contributed by atoms with Crippen LogP contribution in [-0.2, 0) is 5.41 Å². The van der Waals surface area contributed by atoms with Crippen molar-refractivity contribution in [2.75, 3.05) is 10.6 Å². The highest BCUT2D eigenvalue weighted by atomic mass is 14.9. The van der Waals surface area contributed by atoms with E-state index in [-0.39, 0.29) is 5.41 Å². The Balaban J connectivity index is 1.75. The summed E-state index contributed by atoms with van der Waals surface area (Å²) in [5, 5.41) is 7.05. The molecular weight excluding hydrogens is 280 g/mol. The summed E-state index contributed by atoms with van der Waals surface area (Å²) in [7, 11) is 0. The van der Waals surface area contributed by atoms with E-state index in [1.165, 1.54) is 22.5 Å². The Kier molecular flexibility index (Phi) is 3.12. The summed E-state index contributed by atoms with van der Waals surface area (Å²) in [5.74, 6) is 0. The van der Waals surface area contributed by atoms with Gasteiger partial charge in [-0.1, -0.05) is 50.2 Å². The first-order chi connectivity index (χ1) is 11.1. The number of para-hydroxylation sites is 2. The highest BCUT2D eigenvalue weighted by Crippen LogP contribution is 2.46. The summed E-state index contributed by atoms with van der Waals surface area (Å²) in [6.45, 7) is 4.58. The van der Waals surface area contributed by atoms with Gasteiger partial charge in [0.1, 0.15) is 0 Å². The van der Waals surface area contributed by atoms with Crippen molar-refractivity contribution in [2.24, 2.45) is 0 Å². The Morgan fingerprint density at radius 3 is 2.22 bits per heavy atom. The predicted octanol–water partition coefficient (Wildman–Crippen LogP) is 5.81. The Morgan fingerprint density at radius 2 is 1.39 bits per heavy atom. The van der Waals surface area contributed by atoms with Crippen molar-refractivity contribution in [3.63, 3.8) is 0 Å². The average molecular weight is 300 g/mol. The van der Waals surface area contributed by atoms with Gasteiger partial charge in [-0.25, -0.2) is 0 Å². The normalized spacial score (nSPS) is 14.3. The third kappa shape index (κ3) is 2.36. The smallest absolute Gasteiger partial charge is 0.0427 e. The summed E-state index contributed by atoms with van der Waals surface area (Å²) >= 11 is 0. The van der Waals surface area contributed by atoms with E-state index in [1.807, 2.05) is 18.2 Å². The van der Waals surface area contributed by atoms with Crippen molar-refractivity contribution in [3.8, 4) is 0 Å². The number of benzene rings is 3. The highest BCUT2D eigenvalue weighted by Gasteiger charge is 2.32. The summed E-state index contributed by atoms with van der Waals surface area (Å²) in [4.78, 5) is 0. The third-order valence-corrected chi connectivity index (χ3v) is 4.63. The zero-order chi connectivity index (χ0) is 15.9. The minimum atomic E-state index is -0.0223. The maximum absolute atomic E-state index is 3.56. The van der Waals surface area contributed by atoms with Gasteiger partial charge in [-0.2, -0.15) is 0 Å². The molecule has 2 nitrogen and oxygen atoms in total. The lowest BCUT2D eigenvalue weighted by atomic mass is 9.74. The molecule has 0 saturated carbocycles. The molecular formula is C21H20N2. The van der Waals surface area contributed by atoms with Crippen LogP contribution in [0.5, 0.6) is 0 Å². The van der Waals surface area contributed by atoms with Gasteiger partial charge in [0, 0.05) is 28.2 Å². The summed E-state index contributed by atoms with van der Waals surface area (Å²) in [6.07, 6.45) is 0. The van der Waals surface area contributed by atoms with E-state index in [9.17, 15) is 0 Å². The Labute approximate surface area is 137 Å². The first-order valence-corrected chi connectivity index (χ1v) is 7.98. The second kappa shape index (κ2) is 5.17. The van der Waals surface area contributed by atoms with E-state index in [0.717, 1.165) is 11.4 Å². The van der Waals surface area contributed by atoms with Crippen LogP contribution in [0.25, 0.3) is 0 Å². The van der Waals surface area contributed by atoms with E-state index < -0.39 is 0 Å². The molecule has 0 fully saturated rings. The van der Waals surface area contributed by atoms with Crippen molar-refractivity contribution in [1.82, 2.24) is 0 Å². The predicted molar refractivity (Wildman–Crippen MR) is 98.0 cm³/mol. The van der Waals surface area contributed by atoms with Gasteiger partial charge in [0.25, 0.3) is 0 Å². The van der Waals surface area contributed by atoms with Gasteiger partial charge >= 0.3 is 0 Å². The van der Waals surface area contributed by atoms with Crippen LogP contribution in [0.1, 0.15) is 25.0 Å². The largest absolute Gasteiger partial charge is 0.356 e. The van der Waals surface area contributed by atoms with Crippen LogP contribution in [0.3, 0.4) is 0 Å². The van der Waals surface area contributed by atoms with Gasteiger partial charge in [0.05, 0.1) is 0 Å². The molecule has 3 aromatic carbocycles. The second-order valence-electron chi connectivity index (χ2n) is 6.55. The number of fused-ring (bicyclic) bond motifs is 2. The molecule has 4 rings (SSSR count). The Hall–Kier alpha value is -2.74. The molecule has 2 heteroatoms. The number of rotatable bonds is 2. The van der Waals surface area contributed by atoms with Crippen molar-refractivity contribution in [3.05, 3.63) is 83.9 Å². The maximum Gasteiger partial charge on any atom is 0.0427 e. The Morgan fingerprint density at radius 1 is 0.696 bits per heavy atom. The quantitative estimate of drug-likeness (QED) is 0.623. The molecule has 0 saturated heterocycles. The third-order valence-electron chi connectivity index (χ3n) is 4.63. The van der Waals surface area contributed by atoms with E-state index in [4.69, 9.17) is 0 Å².